The molecule has 3 rings (SSSR count). The van der Waals surface area contributed by atoms with E-state index in [1.807, 2.05) is 6.08 Å². The lowest BCUT2D eigenvalue weighted by Gasteiger charge is -2.37. The van der Waals surface area contributed by atoms with Crippen molar-refractivity contribution in [2.45, 2.75) is 69.3 Å². The van der Waals surface area contributed by atoms with Gasteiger partial charge in [-0.1, -0.05) is 24.5 Å². The molecular formula is C20H33NO4. The summed E-state index contributed by atoms with van der Waals surface area (Å²) in [5.74, 6) is 0.895. The highest BCUT2D eigenvalue weighted by molar-refractivity contribution is 5.24. The van der Waals surface area contributed by atoms with Crippen molar-refractivity contribution < 1.29 is 19.3 Å². The van der Waals surface area contributed by atoms with E-state index in [0.717, 1.165) is 51.1 Å². The second-order valence-electron chi connectivity index (χ2n) is 7.48. The molecule has 4 atom stereocenters. The minimum Gasteiger partial charge on any atom is -0.498 e. The molecule has 2 fully saturated rings. The number of aliphatic hydroxyl groups is 1. The Morgan fingerprint density at radius 2 is 2.00 bits per heavy atom. The van der Waals surface area contributed by atoms with Gasteiger partial charge in [-0.3, -0.25) is 4.90 Å². The molecule has 1 N–H and O–H groups in total. The highest BCUT2D eigenvalue weighted by Crippen LogP contribution is 2.29. The van der Waals surface area contributed by atoms with Crippen LogP contribution in [0.2, 0.25) is 0 Å². The number of allylic oxidation sites excluding steroid dienone is 2. The lowest BCUT2D eigenvalue weighted by molar-refractivity contribution is -0.0320. The molecule has 5 nitrogen and oxygen atoms in total. The van der Waals surface area contributed by atoms with Gasteiger partial charge in [0.25, 0.3) is 0 Å². The molecule has 0 aromatic carbocycles. The fourth-order valence-electron chi connectivity index (χ4n) is 4.40. The average molecular weight is 351 g/mol. The van der Waals surface area contributed by atoms with E-state index in [9.17, 15) is 5.11 Å². The number of likely N-dealkylation sites (tertiary alicyclic amines) is 1. The smallest absolute Gasteiger partial charge is 0.125 e. The number of hydrogen-bond donors (Lipinski definition) is 1. The maximum atomic E-state index is 9.84. The van der Waals surface area contributed by atoms with Crippen LogP contribution in [-0.4, -0.2) is 68.3 Å². The number of methoxy groups -OCH3 is 2. The first-order valence-electron chi connectivity index (χ1n) is 9.71. The van der Waals surface area contributed by atoms with Crippen molar-refractivity contribution >= 4 is 0 Å². The van der Waals surface area contributed by atoms with Crippen LogP contribution >= 0.6 is 0 Å². The van der Waals surface area contributed by atoms with Gasteiger partial charge >= 0.3 is 0 Å². The molecular weight excluding hydrogens is 318 g/mol. The van der Waals surface area contributed by atoms with Crippen molar-refractivity contribution in [3.8, 4) is 0 Å². The Labute approximate surface area is 151 Å². The second-order valence-corrected chi connectivity index (χ2v) is 7.48. The second kappa shape index (κ2) is 9.17. The monoisotopic (exact) mass is 351 g/mol. The third-order valence-electron chi connectivity index (χ3n) is 5.86. The number of nitrogens with zero attached hydrogens (tertiary/aromatic N) is 1. The molecule has 0 aromatic heterocycles. The maximum absolute atomic E-state index is 9.84. The number of ether oxygens (including phenoxy) is 3. The van der Waals surface area contributed by atoms with Crippen molar-refractivity contribution in [2.24, 2.45) is 0 Å². The molecule has 1 heterocycles. The molecule has 1 unspecified atom stereocenters. The standard InChI is InChI=1S/C20H33NO4/c1-23-19-8-7-15(13-20(19)24-2)10-12-25-18-6-4-3-5-17(18)21-11-9-16(22)14-21/h7-8,16-18,20,22H,3-6,9-14H2,1-2H3/t16-,17-,18+,20?/m1/s1. The molecule has 25 heavy (non-hydrogen) atoms. The van der Waals surface area contributed by atoms with E-state index in [2.05, 4.69) is 11.0 Å². The Morgan fingerprint density at radius 1 is 1.16 bits per heavy atom. The van der Waals surface area contributed by atoms with Crippen LogP contribution in [0.1, 0.15) is 44.9 Å². The summed E-state index contributed by atoms with van der Waals surface area (Å²) in [5, 5.41) is 9.84. The van der Waals surface area contributed by atoms with E-state index in [1.165, 1.54) is 24.8 Å². The van der Waals surface area contributed by atoms with Crippen LogP contribution < -0.4 is 0 Å². The van der Waals surface area contributed by atoms with Crippen LogP contribution in [0, 0.1) is 0 Å². The van der Waals surface area contributed by atoms with Gasteiger partial charge in [0, 0.05) is 32.7 Å². The molecule has 3 aliphatic rings. The van der Waals surface area contributed by atoms with Crippen LogP contribution in [0.5, 0.6) is 0 Å². The van der Waals surface area contributed by atoms with Crippen molar-refractivity contribution in [1.82, 2.24) is 4.90 Å². The topological polar surface area (TPSA) is 51.2 Å². The Bertz CT molecular complexity index is 490. The van der Waals surface area contributed by atoms with Crippen molar-refractivity contribution in [2.75, 3.05) is 33.9 Å². The minimum atomic E-state index is -0.150. The summed E-state index contributed by atoms with van der Waals surface area (Å²) in [6.07, 6.45) is 12.0. The normalized spacial score (nSPS) is 33.9. The molecule has 142 valence electrons. The lowest BCUT2D eigenvalue weighted by atomic mass is 9.91. The Kier molecular flexibility index (Phi) is 6.93. The predicted molar refractivity (Wildman–Crippen MR) is 97.4 cm³/mol. The first-order valence-corrected chi connectivity index (χ1v) is 9.71. The summed E-state index contributed by atoms with van der Waals surface area (Å²) in [5.41, 5.74) is 1.36. The van der Waals surface area contributed by atoms with Gasteiger partial charge in [0.1, 0.15) is 11.9 Å². The van der Waals surface area contributed by atoms with Gasteiger partial charge in [0.2, 0.25) is 0 Å². The average Bonchev–Trinajstić information content (AvgIpc) is 3.08. The van der Waals surface area contributed by atoms with Crippen LogP contribution in [0.25, 0.3) is 0 Å². The van der Waals surface area contributed by atoms with E-state index in [-0.39, 0.29) is 12.2 Å². The highest BCUT2D eigenvalue weighted by Gasteiger charge is 2.34. The minimum absolute atomic E-state index is 0.0264. The van der Waals surface area contributed by atoms with Gasteiger partial charge in [-0.05, 0) is 31.8 Å². The summed E-state index contributed by atoms with van der Waals surface area (Å²) in [6.45, 7) is 2.59. The summed E-state index contributed by atoms with van der Waals surface area (Å²) in [4.78, 5) is 2.45. The maximum Gasteiger partial charge on any atom is 0.125 e. The molecule has 0 bridgehead atoms. The Balaban J connectivity index is 1.49. The van der Waals surface area contributed by atoms with Crippen molar-refractivity contribution in [3.05, 3.63) is 23.5 Å². The van der Waals surface area contributed by atoms with Gasteiger partial charge in [-0.25, -0.2) is 0 Å². The van der Waals surface area contributed by atoms with Gasteiger partial charge in [-0.2, -0.15) is 0 Å². The fraction of sp³-hybridized carbons (Fsp3) is 0.800. The molecule has 5 heteroatoms. The summed E-state index contributed by atoms with van der Waals surface area (Å²) in [6, 6.07) is 0.484. The van der Waals surface area contributed by atoms with Crippen molar-refractivity contribution in [1.29, 1.82) is 0 Å². The zero-order valence-electron chi connectivity index (χ0n) is 15.7. The van der Waals surface area contributed by atoms with E-state index >= 15 is 0 Å². The van der Waals surface area contributed by atoms with E-state index in [0.29, 0.717) is 12.1 Å². The molecule has 0 aromatic rings. The number of hydrogen-bond acceptors (Lipinski definition) is 5. The van der Waals surface area contributed by atoms with Gasteiger partial charge in [0.15, 0.2) is 0 Å². The zero-order chi connectivity index (χ0) is 17.6. The van der Waals surface area contributed by atoms with Gasteiger partial charge in [0.05, 0.1) is 25.9 Å². The molecule has 0 amide bonds. The van der Waals surface area contributed by atoms with E-state index in [1.54, 1.807) is 14.2 Å². The number of β-amino-alcohol motifs (C(OH)–C–C–N with tert-alkyl or cyclic N) is 1. The quantitative estimate of drug-likeness (QED) is 0.764. The largest absolute Gasteiger partial charge is 0.498 e. The van der Waals surface area contributed by atoms with Crippen LogP contribution in [-0.2, 0) is 14.2 Å². The predicted octanol–water partition coefficient (Wildman–Crippen LogP) is 2.65. The lowest BCUT2D eigenvalue weighted by Crippen LogP contribution is -2.46. The first-order chi connectivity index (χ1) is 12.2. The van der Waals surface area contributed by atoms with Crippen LogP contribution in [0.15, 0.2) is 23.5 Å². The Morgan fingerprint density at radius 3 is 2.72 bits per heavy atom. The van der Waals surface area contributed by atoms with E-state index in [4.69, 9.17) is 14.2 Å². The molecule has 1 aliphatic heterocycles. The molecule has 0 spiro atoms. The fourth-order valence-corrected chi connectivity index (χ4v) is 4.40. The summed E-state index contributed by atoms with van der Waals surface area (Å²) >= 11 is 0. The first kappa shape index (κ1) is 18.9. The third kappa shape index (κ3) is 4.85. The van der Waals surface area contributed by atoms with Gasteiger partial charge in [-0.15, -0.1) is 0 Å². The zero-order valence-corrected chi connectivity index (χ0v) is 15.7. The van der Waals surface area contributed by atoms with Crippen LogP contribution in [0.4, 0.5) is 0 Å². The van der Waals surface area contributed by atoms with E-state index < -0.39 is 0 Å². The highest BCUT2D eigenvalue weighted by atomic mass is 16.5. The molecule has 1 saturated carbocycles. The third-order valence-corrected chi connectivity index (χ3v) is 5.86. The number of rotatable bonds is 7. The molecule has 1 saturated heterocycles. The summed E-state index contributed by atoms with van der Waals surface area (Å²) in [7, 11) is 3.42. The van der Waals surface area contributed by atoms with Crippen molar-refractivity contribution in [3.63, 3.8) is 0 Å². The molecule has 2 aliphatic carbocycles. The van der Waals surface area contributed by atoms with Gasteiger partial charge < -0.3 is 19.3 Å². The Hall–Kier alpha value is -0.880. The molecule has 0 radical (unpaired) electrons. The number of aliphatic hydroxyl groups excluding tert-OH is 1. The SMILES string of the molecule is COC1=CC=C(CCO[C@H]2CCCC[C@H]2N2CC[C@@H](O)C2)CC1OC. The summed E-state index contributed by atoms with van der Waals surface area (Å²) < 4.78 is 17.2. The van der Waals surface area contributed by atoms with Crippen LogP contribution in [0.3, 0.4) is 0 Å².